The number of nitrogens with zero attached hydrogens (tertiary/aromatic N) is 2. The summed E-state index contributed by atoms with van der Waals surface area (Å²) in [5.74, 6) is 0.440. The molecular weight excluding hydrogens is 318 g/mol. The summed E-state index contributed by atoms with van der Waals surface area (Å²) in [5.41, 5.74) is 6.61. The Morgan fingerprint density at radius 2 is 2.04 bits per heavy atom. The molecule has 1 aromatic carbocycles. The van der Waals surface area contributed by atoms with Crippen molar-refractivity contribution in [2.45, 2.75) is 31.7 Å². The van der Waals surface area contributed by atoms with E-state index in [2.05, 4.69) is 17.0 Å². The van der Waals surface area contributed by atoms with Gasteiger partial charge in [-0.05, 0) is 49.9 Å². The Bertz CT molecular complexity index is 634. The number of rotatable bonds is 5. The molecule has 2 aliphatic heterocycles. The molecule has 1 aromatic rings. The zero-order chi connectivity index (χ0) is 17.8. The molecule has 2 amide bonds. The van der Waals surface area contributed by atoms with Crippen LogP contribution in [-0.2, 0) is 9.59 Å². The van der Waals surface area contributed by atoms with Crippen molar-refractivity contribution in [1.29, 1.82) is 0 Å². The molecule has 6 heteroatoms. The topological polar surface area (TPSA) is 75.9 Å². The van der Waals surface area contributed by atoms with E-state index < -0.39 is 0 Å². The largest absolute Gasteiger partial charge is 0.497 e. The van der Waals surface area contributed by atoms with Crippen LogP contribution in [0.3, 0.4) is 0 Å². The standard InChI is InChI=1S/C19H27N3O3/c1-25-16-7-2-5-14(11-16)17-8-4-9-21(17)13-18(23)22-10-3-6-15(12-22)19(20)24/h2,5,7,11,15,17H,3-4,6,8-10,12-13H2,1H3,(H2,20,24). The minimum absolute atomic E-state index is 0.0979. The van der Waals surface area contributed by atoms with Crippen molar-refractivity contribution in [2.75, 3.05) is 33.3 Å². The monoisotopic (exact) mass is 345 g/mol. The average molecular weight is 345 g/mol. The molecular formula is C19H27N3O3. The fourth-order valence-corrected chi connectivity index (χ4v) is 3.95. The van der Waals surface area contributed by atoms with Crippen molar-refractivity contribution in [3.63, 3.8) is 0 Å². The summed E-state index contributed by atoms with van der Waals surface area (Å²) < 4.78 is 5.32. The van der Waals surface area contributed by atoms with Gasteiger partial charge in [-0.15, -0.1) is 0 Å². The van der Waals surface area contributed by atoms with Crippen LogP contribution in [-0.4, -0.2) is 54.9 Å². The molecule has 2 N–H and O–H groups in total. The van der Waals surface area contributed by atoms with E-state index in [9.17, 15) is 9.59 Å². The molecule has 2 aliphatic rings. The molecule has 2 atom stereocenters. The van der Waals surface area contributed by atoms with Crippen LogP contribution in [0.1, 0.15) is 37.3 Å². The van der Waals surface area contributed by atoms with Crippen molar-refractivity contribution in [3.8, 4) is 5.75 Å². The van der Waals surface area contributed by atoms with Crippen molar-refractivity contribution in [3.05, 3.63) is 29.8 Å². The maximum atomic E-state index is 12.7. The maximum absolute atomic E-state index is 12.7. The van der Waals surface area contributed by atoms with E-state index in [4.69, 9.17) is 10.5 Å². The van der Waals surface area contributed by atoms with Gasteiger partial charge in [0.1, 0.15) is 5.75 Å². The highest BCUT2D eigenvalue weighted by Gasteiger charge is 2.31. The molecule has 0 spiro atoms. The molecule has 25 heavy (non-hydrogen) atoms. The first kappa shape index (κ1) is 17.7. The summed E-state index contributed by atoms with van der Waals surface area (Å²) in [4.78, 5) is 28.2. The van der Waals surface area contributed by atoms with Gasteiger partial charge in [0.2, 0.25) is 11.8 Å². The van der Waals surface area contributed by atoms with Gasteiger partial charge in [-0.2, -0.15) is 0 Å². The quantitative estimate of drug-likeness (QED) is 0.879. The first-order valence-electron chi connectivity index (χ1n) is 9.03. The summed E-state index contributed by atoms with van der Waals surface area (Å²) in [6, 6.07) is 8.33. The van der Waals surface area contributed by atoms with Gasteiger partial charge >= 0.3 is 0 Å². The highest BCUT2D eigenvalue weighted by Crippen LogP contribution is 2.33. The molecule has 2 heterocycles. The number of benzene rings is 1. The van der Waals surface area contributed by atoms with Gasteiger partial charge < -0.3 is 15.4 Å². The summed E-state index contributed by atoms with van der Waals surface area (Å²) in [7, 11) is 1.67. The van der Waals surface area contributed by atoms with E-state index in [0.29, 0.717) is 13.1 Å². The van der Waals surface area contributed by atoms with Gasteiger partial charge in [0.25, 0.3) is 0 Å². The normalized spacial score (nSPS) is 24.3. The Kier molecular flexibility index (Phi) is 5.58. The van der Waals surface area contributed by atoms with Crippen LogP contribution >= 0.6 is 0 Å². The third-order valence-corrected chi connectivity index (χ3v) is 5.36. The van der Waals surface area contributed by atoms with Crippen LogP contribution in [0, 0.1) is 5.92 Å². The highest BCUT2D eigenvalue weighted by molar-refractivity contribution is 5.81. The maximum Gasteiger partial charge on any atom is 0.236 e. The van der Waals surface area contributed by atoms with E-state index in [1.807, 2.05) is 12.1 Å². The Balaban J connectivity index is 1.64. The molecule has 2 fully saturated rings. The van der Waals surface area contributed by atoms with Crippen LogP contribution in [0.5, 0.6) is 5.75 Å². The number of hydrogen-bond acceptors (Lipinski definition) is 4. The van der Waals surface area contributed by atoms with Gasteiger partial charge in [0.15, 0.2) is 0 Å². The number of ether oxygens (including phenoxy) is 1. The number of primary amides is 1. The number of nitrogens with two attached hydrogens (primary N) is 1. The summed E-state index contributed by atoms with van der Waals surface area (Å²) in [6.45, 7) is 2.50. The number of likely N-dealkylation sites (tertiary alicyclic amines) is 2. The lowest BCUT2D eigenvalue weighted by atomic mass is 9.97. The third kappa shape index (κ3) is 4.12. The Labute approximate surface area is 148 Å². The molecule has 0 bridgehead atoms. The number of methoxy groups -OCH3 is 1. The van der Waals surface area contributed by atoms with Crippen LogP contribution in [0.2, 0.25) is 0 Å². The molecule has 3 rings (SSSR count). The lowest BCUT2D eigenvalue weighted by Crippen LogP contribution is -2.47. The Morgan fingerprint density at radius 1 is 1.24 bits per heavy atom. The SMILES string of the molecule is COc1cccc(C2CCCN2CC(=O)N2CCCC(C(N)=O)C2)c1. The predicted molar refractivity (Wildman–Crippen MR) is 95.0 cm³/mol. The first-order chi connectivity index (χ1) is 12.1. The zero-order valence-electron chi connectivity index (χ0n) is 14.8. The predicted octanol–water partition coefficient (Wildman–Crippen LogP) is 1.56. The van der Waals surface area contributed by atoms with Gasteiger partial charge in [-0.3, -0.25) is 14.5 Å². The molecule has 2 saturated heterocycles. The van der Waals surface area contributed by atoms with Crippen LogP contribution in [0.15, 0.2) is 24.3 Å². The fraction of sp³-hybridized carbons (Fsp3) is 0.579. The molecule has 136 valence electrons. The lowest BCUT2D eigenvalue weighted by Gasteiger charge is -2.33. The molecule has 6 nitrogen and oxygen atoms in total. The first-order valence-corrected chi connectivity index (χ1v) is 9.03. The van der Waals surface area contributed by atoms with Crippen molar-refractivity contribution in [1.82, 2.24) is 9.80 Å². The minimum atomic E-state index is -0.298. The molecule has 0 aliphatic carbocycles. The second-order valence-electron chi connectivity index (χ2n) is 6.99. The average Bonchev–Trinajstić information content (AvgIpc) is 3.10. The van der Waals surface area contributed by atoms with E-state index in [0.717, 1.165) is 44.5 Å². The second kappa shape index (κ2) is 7.87. The zero-order valence-corrected chi connectivity index (χ0v) is 14.8. The van der Waals surface area contributed by atoms with Crippen LogP contribution in [0.25, 0.3) is 0 Å². The van der Waals surface area contributed by atoms with Gasteiger partial charge in [-0.1, -0.05) is 12.1 Å². The number of piperidine rings is 1. The number of hydrogen-bond donors (Lipinski definition) is 1. The second-order valence-corrected chi connectivity index (χ2v) is 6.99. The van der Waals surface area contributed by atoms with Gasteiger partial charge in [0, 0.05) is 19.1 Å². The van der Waals surface area contributed by atoms with Crippen molar-refractivity contribution >= 4 is 11.8 Å². The molecule has 0 saturated carbocycles. The third-order valence-electron chi connectivity index (χ3n) is 5.36. The molecule has 0 radical (unpaired) electrons. The highest BCUT2D eigenvalue weighted by atomic mass is 16.5. The minimum Gasteiger partial charge on any atom is -0.497 e. The number of carbonyl (C=O) groups is 2. The van der Waals surface area contributed by atoms with Crippen molar-refractivity contribution in [2.24, 2.45) is 11.7 Å². The van der Waals surface area contributed by atoms with E-state index in [-0.39, 0.29) is 23.8 Å². The fourth-order valence-electron chi connectivity index (χ4n) is 3.95. The van der Waals surface area contributed by atoms with E-state index >= 15 is 0 Å². The smallest absolute Gasteiger partial charge is 0.236 e. The Hall–Kier alpha value is -2.08. The Morgan fingerprint density at radius 3 is 2.80 bits per heavy atom. The number of amides is 2. The van der Waals surface area contributed by atoms with Gasteiger partial charge in [-0.25, -0.2) is 0 Å². The molecule has 0 aromatic heterocycles. The summed E-state index contributed by atoms with van der Waals surface area (Å²) in [6.07, 6.45) is 3.76. The van der Waals surface area contributed by atoms with E-state index in [1.54, 1.807) is 12.0 Å². The lowest BCUT2D eigenvalue weighted by molar-refractivity contribution is -0.136. The van der Waals surface area contributed by atoms with Crippen LogP contribution < -0.4 is 10.5 Å². The summed E-state index contributed by atoms with van der Waals surface area (Å²) >= 11 is 0. The van der Waals surface area contributed by atoms with Crippen molar-refractivity contribution < 1.29 is 14.3 Å². The number of carbonyl (C=O) groups excluding carboxylic acids is 2. The van der Waals surface area contributed by atoms with Gasteiger partial charge in [0.05, 0.1) is 19.6 Å². The van der Waals surface area contributed by atoms with E-state index in [1.165, 1.54) is 5.56 Å². The van der Waals surface area contributed by atoms with Crippen LogP contribution in [0.4, 0.5) is 0 Å². The molecule has 2 unspecified atom stereocenters. The summed E-state index contributed by atoms with van der Waals surface area (Å²) in [5, 5.41) is 0.